The summed E-state index contributed by atoms with van der Waals surface area (Å²) in [5.41, 5.74) is 0. The second-order valence-electron chi connectivity index (χ2n) is 0.333. The molecule has 0 rings (SSSR count). The fourth-order valence-corrected chi connectivity index (χ4v) is 0. The Balaban J connectivity index is 0. The van der Waals surface area contributed by atoms with Crippen LogP contribution in [-0.4, -0.2) is 0 Å². The van der Waals surface area contributed by atoms with E-state index in [1.165, 1.54) is 6.08 Å². The average molecular weight is 134 g/mol. The predicted octanol–water partition coefficient (Wildman–Crippen LogP) is 1.27. The molecule has 0 aliphatic rings. The molecule has 0 spiro atoms. The minimum Gasteiger partial charge on any atom is -0.193 e. The van der Waals surface area contributed by atoms with Gasteiger partial charge in [-0.15, -0.1) is 17.0 Å². The van der Waals surface area contributed by atoms with Gasteiger partial charge < -0.3 is 0 Å². The van der Waals surface area contributed by atoms with E-state index < -0.39 is 0 Å². The molecule has 28 valence electrons. The summed E-state index contributed by atoms with van der Waals surface area (Å²) < 4.78 is 0. The van der Waals surface area contributed by atoms with E-state index in [-0.39, 0.29) is 17.0 Å². The van der Waals surface area contributed by atoms with Gasteiger partial charge in [0.1, 0.15) is 0 Å². The van der Waals surface area contributed by atoms with Crippen molar-refractivity contribution in [2.45, 2.75) is 0 Å². The van der Waals surface area contributed by atoms with Gasteiger partial charge in [0.25, 0.3) is 0 Å². The molecule has 0 bridgehead atoms. The molecule has 0 radical (unpaired) electrons. The van der Waals surface area contributed by atoms with Gasteiger partial charge >= 0.3 is 0 Å². The van der Waals surface area contributed by atoms with Crippen LogP contribution in [0.1, 0.15) is 0 Å². The molecule has 0 aliphatic carbocycles. The molecule has 0 fully saturated rings. The fourth-order valence-electron chi connectivity index (χ4n) is 0. The summed E-state index contributed by atoms with van der Waals surface area (Å²) in [6.07, 6.45) is 1.18. The van der Waals surface area contributed by atoms with Crippen LogP contribution in [0.4, 0.5) is 0 Å². The third-order valence-corrected chi connectivity index (χ3v) is 0.0913. The lowest BCUT2D eigenvalue weighted by Crippen LogP contribution is -1.23. The quantitative estimate of drug-likeness (QED) is 0.457. The zero-order valence-corrected chi connectivity index (χ0v) is 4.35. The zero-order chi connectivity index (χ0) is 3.41. The van der Waals surface area contributed by atoms with Gasteiger partial charge in [0.05, 0.1) is 6.07 Å². The Labute approximate surface area is 41.7 Å². The Bertz CT molecular complexity index is 52.4. The summed E-state index contributed by atoms with van der Waals surface area (Å²) in [6.45, 7) is 3.12. The zero-order valence-electron chi connectivity index (χ0n) is 2.64. The van der Waals surface area contributed by atoms with E-state index in [9.17, 15) is 0 Å². The molecule has 0 saturated heterocycles. The number of hydrogen-bond acceptors (Lipinski definition) is 1. The monoisotopic (exact) mass is 133 g/mol. The number of rotatable bonds is 0. The largest absolute Gasteiger partial charge is 0.193 e. The standard InChI is InChI=1S/C3H3N.BrH/c1-2-3-4;/h2H,1H2;1H. The number of nitrogens with zero attached hydrogens (tertiary/aromatic N) is 1. The topological polar surface area (TPSA) is 23.8 Å². The number of allylic oxidation sites excluding steroid dienone is 1. The van der Waals surface area contributed by atoms with Crippen molar-refractivity contribution in [2.24, 2.45) is 0 Å². The molecule has 0 saturated carbocycles. The maximum atomic E-state index is 7.51. The molecule has 0 aromatic heterocycles. The number of hydrogen-bond donors (Lipinski definition) is 0. The van der Waals surface area contributed by atoms with Crippen LogP contribution in [0, 0.1) is 11.3 Å². The SMILES string of the molecule is Br.C=CC#N. The molecule has 0 atom stereocenters. The highest BCUT2D eigenvalue weighted by Crippen LogP contribution is 1.41. The van der Waals surface area contributed by atoms with Crippen LogP contribution in [0.3, 0.4) is 0 Å². The van der Waals surface area contributed by atoms with Gasteiger partial charge in [0.2, 0.25) is 0 Å². The highest BCUT2D eigenvalue weighted by molar-refractivity contribution is 8.93. The first-order valence-electron chi connectivity index (χ1n) is 0.921. The van der Waals surface area contributed by atoms with Gasteiger partial charge in [-0.05, 0) is 0 Å². The Morgan fingerprint density at radius 3 is 2.00 bits per heavy atom. The van der Waals surface area contributed by atoms with Crippen molar-refractivity contribution in [3.05, 3.63) is 12.7 Å². The van der Waals surface area contributed by atoms with Crippen molar-refractivity contribution in [3.8, 4) is 6.07 Å². The van der Waals surface area contributed by atoms with E-state index >= 15 is 0 Å². The Kier molecular flexibility index (Phi) is 16.5. The molecule has 5 heavy (non-hydrogen) atoms. The average Bonchev–Trinajstić information content (AvgIpc) is 1.37. The van der Waals surface area contributed by atoms with Crippen LogP contribution in [0.15, 0.2) is 12.7 Å². The summed E-state index contributed by atoms with van der Waals surface area (Å²) in [7, 11) is 0. The van der Waals surface area contributed by atoms with Crippen molar-refractivity contribution < 1.29 is 0 Å². The minimum atomic E-state index is 0. The van der Waals surface area contributed by atoms with Crippen molar-refractivity contribution >= 4 is 17.0 Å². The lowest BCUT2D eigenvalue weighted by atomic mass is 10.8. The fraction of sp³-hybridized carbons (Fsp3) is 0. The van der Waals surface area contributed by atoms with Crippen molar-refractivity contribution in [2.75, 3.05) is 0 Å². The summed E-state index contributed by atoms with van der Waals surface area (Å²) in [6, 6.07) is 1.69. The maximum Gasteiger partial charge on any atom is 0.0905 e. The van der Waals surface area contributed by atoms with E-state index in [0.29, 0.717) is 0 Å². The second kappa shape index (κ2) is 9.32. The Morgan fingerprint density at radius 2 is 2.00 bits per heavy atom. The predicted molar refractivity (Wildman–Crippen MR) is 26.1 cm³/mol. The maximum absolute atomic E-state index is 7.51. The molecule has 0 heterocycles. The second-order valence-corrected chi connectivity index (χ2v) is 0.333. The normalized spacial score (nSPS) is 3.00. The summed E-state index contributed by atoms with van der Waals surface area (Å²) in [4.78, 5) is 0. The van der Waals surface area contributed by atoms with Gasteiger partial charge in [-0.1, -0.05) is 6.58 Å². The Morgan fingerprint density at radius 1 is 1.80 bits per heavy atom. The molecule has 2 heteroatoms. The van der Waals surface area contributed by atoms with Gasteiger partial charge in [-0.25, -0.2) is 0 Å². The van der Waals surface area contributed by atoms with E-state index in [1.807, 2.05) is 0 Å². The first-order valence-corrected chi connectivity index (χ1v) is 0.921. The minimum absolute atomic E-state index is 0. The smallest absolute Gasteiger partial charge is 0.0905 e. The molecular weight excluding hydrogens is 130 g/mol. The van der Waals surface area contributed by atoms with E-state index in [1.54, 1.807) is 6.07 Å². The highest BCUT2D eigenvalue weighted by Gasteiger charge is 1.34. The lowest BCUT2D eigenvalue weighted by molar-refractivity contribution is 1.54. The van der Waals surface area contributed by atoms with Gasteiger partial charge in [0, 0.05) is 6.08 Å². The Hall–Kier alpha value is -0.290. The lowest BCUT2D eigenvalue weighted by Gasteiger charge is -1.31. The number of halogens is 1. The highest BCUT2D eigenvalue weighted by atomic mass is 79.9. The molecule has 0 N–H and O–H groups in total. The summed E-state index contributed by atoms with van der Waals surface area (Å²) in [5.74, 6) is 0. The molecular formula is C3H4BrN. The van der Waals surface area contributed by atoms with Gasteiger partial charge in [-0.3, -0.25) is 0 Å². The van der Waals surface area contributed by atoms with Gasteiger partial charge in [0.15, 0.2) is 0 Å². The molecule has 0 unspecified atom stereocenters. The van der Waals surface area contributed by atoms with Crippen LogP contribution in [0.5, 0.6) is 0 Å². The molecule has 0 amide bonds. The molecule has 1 nitrogen and oxygen atoms in total. The van der Waals surface area contributed by atoms with Crippen LogP contribution in [-0.2, 0) is 0 Å². The third kappa shape index (κ3) is 21.5. The number of nitriles is 1. The third-order valence-electron chi connectivity index (χ3n) is 0.0913. The van der Waals surface area contributed by atoms with E-state index in [4.69, 9.17) is 5.26 Å². The van der Waals surface area contributed by atoms with Gasteiger partial charge in [-0.2, -0.15) is 5.26 Å². The van der Waals surface area contributed by atoms with Crippen molar-refractivity contribution in [1.82, 2.24) is 0 Å². The summed E-state index contributed by atoms with van der Waals surface area (Å²) >= 11 is 0. The van der Waals surface area contributed by atoms with Crippen LogP contribution in [0.2, 0.25) is 0 Å². The van der Waals surface area contributed by atoms with Crippen LogP contribution in [0.25, 0.3) is 0 Å². The van der Waals surface area contributed by atoms with E-state index in [0.717, 1.165) is 0 Å². The van der Waals surface area contributed by atoms with Crippen LogP contribution >= 0.6 is 17.0 Å². The van der Waals surface area contributed by atoms with Crippen molar-refractivity contribution in [1.29, 1.82) is 5.26 Å². The first kappa shape index (κ1) is 8.83. The van der Waals surface area contributed by atoms with Crippen molar-refractivity contribution in [3.63, 3.8) is 0 Å². The first-order chi connectivity index (χ1) is 1.91. The molecule has 0 aromatic rings. The summed E-state index contributed by atoms with van der Waals surface area (Å²) in [5, 5.41) is 7.51. The molecule has 0 aliphatic heterocycles. The van der Waals surface area contributed by atoms with E-state index in [2.05, 4.69) is 6.58 Å². The van der Waals surface area contributed by atoms with Crippen LogP contribution < -0.4 is 0 Å². The molecule has 0 aromatic carbocycles.